The molecular formula is C17H23N3O4S2. The fraction of sp³-hybridized carbons (Fsp3) is 0.529. The molecule has 0 saturated carbocycles. The number of rotatable bonds is 7. The van der Waals surface area contributed by atoms with Crippen LogP contribution in [0.2, 0.25) is 0 Å². The summed E-state index contributed by atoms with van der Waals surface area (Å²) in [4.78, 5) is 16.6. The maximum atomic E-state index is 12.7. The molecule has 2 heterocycles. The van der Waals surface area contributed by atoms with Crippen LogP contribution in [-0.2, 0) is 26.1 Å². The molecule has 7 nitrogen and oxygen atoms in total. The predicted octanol–water partition coefficient (Wildman–Crippen LogP) is 2.49. The summed E-state index contributed by atoms with van der Waals surface area (Å²) in [5.41, 5.74) is 1.48. The molecular weight excluding hydrogens is 374 g/mol. The van der Waals surface area contributed by atoms with Gasteiger partial charge in [-0.1, -0.05) is 25.6 Å². The van der Waals surface area contributed by atoms with Gasteiger partial charge in [-0.2, -0.15) is 4.31 Å². The van der Waals surface area contributed by atoms with E-state index in [2.05, 4.69) is 4.98 Å². The first-order chi connectivity index (χ1) is 12.4. The van der Waals surface area contributed by atoms with Crippen molar-refractivity contribution in [3.8, 4) is 0 Å². The molecule has 2 aromatic rings. The summed E-state index contributed by atoms with van der Waals surface area (Å²) in [6.45, 7) is 7.61. The Hall–Kier alpha value is -1.58. The maximum Gasteiger partial charge on any atom is 0.319 e. The van der Waals surface area contributed by atoms with Gasteiger partial charge in [0, 0.05) is 26.1 Å². The van der Waals surface area contributed by atoms with Gasteiger partial charge >= 0.3 is 5.97 Å². The zero-order valence-electron chi connectivity index (χ0n) is 15.1. The van der Waals surface area contributed by atoms with Gasteiger partial charge in [0.1, 0.15) is 5.25 Å². The Balaban J connectivity index is 2.01. The van der Waals surface area contributed by atoms with Crippen molar-refractivity contribution in [3.63, 3.8) is 0 Å². The molecule has 0 unspecified atom stereocenters. The first-order valence-electron chi connectivity index (χ1n) is 8.76. The fourth-order valence-corrected chi connectivity index (χ4v) is 5.68. The van der Waals surface area contributed by atoms with E-state index >= 15 is 0 Å². The second-order valence-electron chi connectivity index (χ2n) is 5.94. The number of imidazole rings is 1. The molecule has 1 atom stereocenters. The average Bonchev–Trinajstić information content (AvgIpc) is 3.18. The molecule has 3 rings (SSSR count). The van der Waals surface area contributed by atoms with Gasteiger partial charge in [-0.25, -0.2) is 13.4 Å². The molecule has 0 aliphatic carbocycles. The van der Waals surface area contributed by atoms with Crippen LogP contribution in [0.4, 0.5) is 0 Å². The van der Waals surface area contributed by atoms with E-state index in [9.17, 15) is 13.2 Å². The first kappa shape index (κ1) is 19.2. The molecule has 0 N–H and O–H groups in total. The number of fused-ring (bicyclic) bond motifs is 1. The highest BCUT2D eigenvalue weighted by atomic mass is 32.2. The third-order valence-electron chi connectivity index (χ3n) is 4.48. The van der Waals surface area contributed by atoms with Crippen molar-refractivity contribution in [1.29, 1.82) is 0 Å². The molecule has 0 spiro atoms. The van der Waals surface area contributed by atoms with E-state index in [4.69, 9.17) is 4.74 Å². The normalized spacial score (nSPS) is 18.0. The highest BCUT2D eigenvalue weighted by molar-refractivity contribution is 8.00. The first-order valence-corrected chi connectivity index (χ1v) is 11.1. The zero-order valence-corrected chi connectivity index (χ0v) is 16.8. The van der Waals surface area contributed by atoms with Gasteiger partial charge in [-0.3, -0.25) is 4.79 Å². The fourth-order valence-electron chi connectivity index (χ4n) is 3.07. The molecule has 142 valence electrons. The number of aromatic nitrogens is 2. The van der Waals surface area contributed by atoms with Gasteiger partial charge < -0.3 is 9.30 Å². The lowest BCUT2D eigenvalue weighted by atomic mass is 10.3. The van der Waals surface area contributed by atoms with Gasteiger partial charge in [0.05, 0.1) is 22.5 Å². The van der Waals surface area contributed by atoms with Crippen LogP contribution in [-0.4, -0.2) is 53.2 Å². The Morgan fingerprint density at radius 1 is 1.31 bits per heavy atom. The second-order valence-corrected chi connectivity index (χ2v) is 9.05. The van der Waals surface area contributed by atoms with E-state index in [0.717, 1.165) is 5.52 Å². The Labute approximate surface area is 157 Å². The van der Waals surface area contributed by atoms with Gasteiger partial charge in [0.25, 0.3) is 0 Å². The van der Waals surface area contributed by atoms with Crippen LogP contribution in [0, 0.1) is 0 Å². The number of carbonyl (C=O) groups excluding carboxylic acids is 1. The maximum absolute atomic E-state index is 12.7. The van der Waals surface area contributed by atoms with E-state index in [1.807, 2.05) is 25.3 Å². The predicted molar refractivity (Wildman–Crippen MR) is 101 cm³/mol. The number of thioether (sulfide) groups is 1. The highest BCUT2D eigenvalue weighted by Crippen LogP contribution is 2.32. The molecule has 0 bridgehead atoms. The van der Waals surface area contributed by atoms with Crippen molar-refractivity contribution >= 4 is 38.8 Å². The van der Waals surface area contributed by atoms with Crippen LogP contribution >= 0.6 is 11.8 Å². The van der Waals surface area contributed by atoms with Crippen LogP contribution in [0.15, 0.2) is 28.3 Å². The summed E-state index contributed by atoms with van der Waals surface area (Å²) in [6.07, 6.45) is 0.665. The molecule has 1 aromatic heterocycles. The van der Waals surface area contributed by atoms with E-state index in [0.29, 0.717) is 43.3 Å². The van der Waals surface area contributed by atoms with Gasteiger partial charge in [-0.15, -0.1) is 0 Å². The number of esters is 1. The molecule has 1 aliphatic heterocycles. The molecule has 0 amide bonds. The Morgan fingerprint density at radius 2 is 2.04 bits per heavy atom. The van der Waals surface area contributed by atoms with Crippen molar-refractivity contribution in [2.75, 3.05) is 19.7 Å². The lowest BCUT2D eigenvalue weighted by molar-refractivity contribution is -0.137. The SMILES string of the molecule is CCN(CC)S(=O)(=O)c1ccc2c(c1)nc(S[C@H]1CCOC1=O)n2CC. The number of carbonyl (C=O) groups is 1. The Morgan fingerprint density at radius 3 is 2.62 bits per heavy atom. The summed E-state index contributed by atoms with van der Waals surface area (Å²) in [7, 11) is -3.53. The van der Waals surface area contributed by atoms with Crippen LogP contribution in [0.1, 0.15) is 27.2 Å². The Kier molecular flexibility index (Phi) is 5.59. The largest absolute Gasteiger partial charge is 0.465 e. The minimum Gasteiger partial charge on any atom is -0.465 e. The number of hydrogen-bond donors (Lipinski definition) is 0. The van der Waals surface area contributed by atoms with E-state index in [-0.39, 0.29) is 16.1 Å². The smallest absolute Gasteiger partial charge is 0.319 e. The topological polar surface area (TPSA) is 81.5 Å². The number of aryl methyl sites for hydroxylation is 1. The minimum atomic E-state index is -3.53. The van der Waals surface area contributed by atoms with Crippen molar-refractivity contribution in [1.82, 2.24) is 13.9 Å². The van der Waals surface area contributed by atoms with Crippen LogP contribution in [0.25, 0.3) is 11.0 Å². The van der Waals surface area contributed by atoms with Crippen LogP contribution in [0.5, 0.6) is 0 Å². The number of hydrogen-bond acceptors (Lipinski definition) is 6. The van der Waals surface area contributed by atoms with Gasteiger partial charge in [0.2, 0.25) is 10.0 Å². The molecule has 1 aliphatic rings. The third-order valence-corrected chi connectivity index (χ3v) is 7.76. The number of benzene rings is 1. The third kappa shape index (κ3) is 3.35. The molecule has 9 heteroatoms. The second kappa shape index (κ2) is 7.58. The number of sulfonamides is 1. The van der Waals surface area contributed by atoms with Crippen molar-refractivity contribution in [2.45, 2.75) is 49.0 Å². The standard InChI is InChI=1S/C17H23N3O4S2/c1-4-19(5-2)26(22,23)12-7-8-14-13(11-12)18-17(20(14)6-3)25-15-9-10-24-16(15)21/h7-8,11,15H,4-6,9-10H2,1-3H3/t15-/m0/s1. The number of cyclic esters (lactones) is 1. The Bertz CT molecular complexity index is 919. The summed E-state index contributed by atoms with van der Waals surface area (Å²) < 4.78 is 33.9. The van der Waals surface area contributed by atoms with E-state index < -0.39 is 10.0 Å². The van der Waals surface area contributed by atoms with Crippen LogP contribution in [0.3, 0.4) is 0 Å². The lowest BCUT2D eigenvalue weighted by Crippen LogP contribution is -2.30. The van der Waals surface area contributed by atoms with Crippen LogP contribution < -0.4 is 0 Å². The van der Waals surface area contributed by atoms with Gasteiger partial charge in [-0.05, 0) is 25.1 Å². The summed E-state index contributed by atoms with van der Waals surface area (Å²) in [5.74, 6) is -0.213. The molecule has 26 heavy (non-hydrogen) atoms. The quantitative estimate of drug-likeness (QED) is 0.668. The number of ether oxygens (including phenoxy) is 1. The number of nitrogens with zero attached hydrogens (tertiary/aromatic N) is 3. The molecule has 1 aromatic carbocycles. The molecule has 1 saturated heterocycles. The summed E-state index contributed by atoms with van der Waals surface area (Å²) >= 11 is 1.38. The minimum absolute atomic E-state index is 0.213. The molecule has 0 radical (unpaired) electrons. The summed E-state index contributed by atoms with van der Waals surface area (Å²) in [6, 6.07) is 5.04. The molecule has 1 fully saturated rings. The van der Waals surface area contributed by atoms with Gasteiger partial charge in [0.15, 0.2) is 5.16 Å². The zero-order chi connectivity index (χ0) is 18.9. The summed E-state index contributed by atoms with van der Waals surface area (Å²) in [5, 5.41) is 0.458. The van der Waals surface area contributed by atoms with E-state index in [1.54, 1.807) is 18.2 Å². The lowest BCUT2D eigenvalue weighted by Gasteiger charge is -2.18. The average molecular weight is 398 g/mol. The van der Waals surface area contributed by atoms with E-state index in [1.165, 1.54) is 16.1 Å². The highest BCUT2D eigenvalue weighted by Gasteiger charge is 2.30. The van der Waals surface area contributed by atoms with Crippen molar-refractivity contribution in [3.05, 3.63) is 18.2 Å². The van der Waals surface area contributed by atoms with Crippen molar-refractivity contribution < 1.29 is 17.9 Å². The van der Waals surface area contributed by atoms with Crippen molar-refractivity contribution in [2.24, 2.45) is 0 Å². The monoisotopic (exact) mass is 397 g/mol.